The van der Waals surface area contributed by atoms with Crippen molar-refractivity contribution in [2.75, 3.05) is 13.1 Å². The Hall–Kier alpha value is -0.820. The van der Waals surface area contributed by atoms with Crippen LogP contribution >= 0.6 is 0 Å². The summed E-state index contributed by atoms with van der Waals surface area (Å²) in [5.74, 6) is 2.54. The highest BCUT2D eigenvalue weighted by Crippen LogP contribution is 2.35. The maximum Gasteiger partial charge on any atom is -0.00146 e. The lowest BCUT2D eigenvalue weighted by Crippen LogP contribution is -2.34. The van der Waals surface area contributed by atoms with E-state index in [-0.39, 0.29) is 0 Å². The molecule has 0 spiro atoms. The molecule has 0 amide bonds. The molecule has 106 valence electrons. The Labute approximate surface area is 118 Å². The Kier molecular flexibility index (Phi) is 5.45. The summed E-state index contributed by atoms with van der Waals surface area (Å²) in [7, 11) is 0. The molecule has 0 radical (unpaired) electrons. The van der Waals surface area contributed by atoms with Crippen LogP contribution in [0.15, 0.2) is 24.3 Å². The van der Waals surface area contributed by atoms with Gasteiger partial charge < -0.3 is 5.32 Å². The van der Waals surface area contributed by atoms with Gasteiger partial charge in [-0.25, -0.2) is 0 Å². The third kappa shape index (κ3) is 4.65. The van der Waals surface area contributed by atoms with Gasteiger partial charge in [0.15, 0.2) is 0 Å². The minimum Gasteiger partial charge on any atom is -0.316 e. The highest BCUT2D eigenvalue weighted by Gasteiger charge is 2.26. The Morgan fingerprint density at radius 3 is 2.32 bits per heavy atom. The van der Waals surface area contributed by atoms with Crippen LogP contribution in [-0.2, 0) is 6.42 Å². The number of aryl methyl sites for hydroxylation is 1. The number of rotatable bonds is 7. The summed E-state index contributed by atoms with van der Waals surface area (Å²) in [4.78, 5) is 0. The first-order chi connectivity index (χ1) is 9.15. The second-order valence-electron chi connectivity index (χ2n) is 6.69. The van der Waals surface area contributed by atoms with Gasteiger partial charge in [0.25, 0.3) is 0 Å². The van der Waals surface area contributed by atoms with Crippen LogP contribution in [0.1, 0.15) is 44.2 Å². The normalized spacial score (nSPS) is 17.5. The summed E-state index contributed by atoms with van der Waals surface area (Å²) in [6.07, 6.45) is 5.58. The van der Waals surface area contributed by atoms with Crippen LogP contribution in [0.2, 0.25) is 0 Å². The quantitative estimate of drug-likeness (QED) is 0.774. The van der Waals surface area contributed by atoms with Gasteiger partial charge in [-0.3, -0.25) is 0 Å². The first kappa shape index (κ1) is 14.6. The zero-order valence-electron chi connectivity index (χ0n) is 12.8. The zero-order chi connectivity index (χ0) is 13.7. The van der Waals surface area contributed by atoms with Gasteiger partial charge in [-0.2, -0.15) is 0 Å². The molecule has 1 N–H and O–H groups in total. The highest BCUT2D eigenvalue weighted by molar-refractivity contribution is 5.21. The first-order valence-corrected chi connectivity index (χ1v) is 7.91. The lowest BCUT2D eigenvalue weighted by Gasteiger charge is -2.34. The number of hydrogen-bond acceptors (Lipinski definition) is 1. The van der Waals surface area contributed by atoms with Crippen molar-refractivity contribution in [2.24, 2.45) is 17.8 Å². The predicted molar refractivity (Wildman–Crippen MR) is 83.4 cm³/mol. The monoisotopic (exact) mass is 259 g/mol. The smallest absolute Gasteiger partial charge is 0.00146 e. The maximum atomic E-state index is 3.67. The van der Waals surface area contributed by atoms with Crippen LogP contribution in [0.4, 0.5) is 0 Å². The van der Waals surface area contributed by atoms with Crippen LogP contribution in [0, 0.1) is 24.7 Å². The average Bonchev–Trinajstić information content (AvgIpc) is 2.29. The highest BCUT2D eigenvalue weighted by atomic mass is 14.9. The SMILES string of the molecule is Cc1ccc(CC(CNCC(C)C)C2CCC2)cc1. The van der Waals surface area contributed by atoms with Crippen molar-refractivity contribution in [1.29, 1.82) is 0 Å². The fourth-order valence-electron chi connectivity index (χ4n) is 2.90. The molecule has 0 aliphatic heterocycles. The van der Waals surface area contributed by atoms with Crippen molar-refractivity contribution in [3.63, 3.8) is 0 Å². The fourth-order valence-corrected chi connectivity index (χ4v) is 2.90. The molecule has 1 aliphatic rings. The maximum absolute atomic E-state index is 3.67. The first-order valence-electron chi connectivity index (χ1n) is 7.91. The van der Waals surface area contributed by atoms with Crippen molar-refractivity contribution in [3.8, 4) is 0 Å². The van der Waals surface area contributed by atoms with E-state index >= 15 is 0 Å². The van der Waals surface area contributed by atoms with E-state index in [2.05, 4.69) is 50.4 Å². The summed E-state index contributed by atoms with van der Waals surface area (Å²) >= 11 is 0. The van der Waals surface area contributed by atoms with E-state index in [0.29, 0.717) is 0 Å². The molecule has 1 atom stereocenters. The molecule has 0 saturated heterocycles. The van der Waals surface area contributed by atoms with E-state index < -0.39 is 0 Å². The van der Waals surface area contributed by atoms with Gasteiger partial charge in [0.2, 0.25) is 0 Å². The Morgan fingerprint density at radius 1 is 1.11 bits per heavy atom. The van der Waals surface area contributed by atoms with E-state index in [9.17, 15) is 0 Å². The van der Waals surface area contributed by atoms with Gasteiger partial charge in [0, 0.05) is 0 Å². The molecule has 1 aliphatic carbocycles. The van der Waals surface area contributed by atoms with Gasteiger partial charge >= 0.3 is 0 Å². The molecule has 2 rings (SSSR count). The molecule has 1 heteroatoms. The van der Waals surface area contributed by atoms with Gasteiger partial charge in [0.05, 0.1) is 0 Å². The van der Waals surface area contributed by atoms with Gasteiger partial charge in [-0.1, -0.05) is 62.9 Å². The van der Waals surface area contributed by atoms with Gasteiger partial charge in [-0.05, 0) is 49.8 Å². The summed E-state index contributed by atoms with van der Waals surface area (Å²) in [6, 6.07) is 9.11. The molecular weight excluding hydrogens is 230 g/mol. The Morgan fingerprint density at radius 2 is 1.79 bits per heavy atom. The Balaban J connectivity index is 1.87. The molecule has 0 bridgehead atoms. The molecule has 1 saturated carbocycles. The molecule has 0 aromatic heterocycles. The second-order valence-corrected chi connectivity index (χ2v) is 6.69. The lowest BCUT2D eigenvalue weighted by molar-refractivity contribution is 0.198. The van der Waals surface area contributed by atoms with Crippen LogP contribution in [0.3, 0.4) is 0 Å². The molecular formula is C18H29N. The van der Waals surface area contributed by atoms with Crippen molar-refractivity contribution in [3.05, 3.63) is 35.4 Å². The van der Waals surface area contributed by atoms with E-state index in [1.165, 1.54) is 43.4 Å². The molecule has 1 nitrogen and oxygen atoms in total. The van der Waals surface area contributed by atoms with Crippen LogP contribution in [0.5, 0.6) is 0 Å². The van der Waals surface area contributed by atoms with E-state index in [1.54, 1.807) is 0 Å². The molecule has 1 unspecified atom stereocenters. The zero-order valence-corrected chi connectivity index (χ0v) is 12.8. The molecule has 19 heavy (non-hydrogen) atoms. The molecule has 1 aromatic rings. The summed E-state index contributed by atoms with van der Waals surface area (Å²) in [5, 5.41) is 3.67. The number of hydrogen-bond donors (Lipinski definition) is 1. The van der Waals surface area contributed by atoms with Crippen molar-refractivity contribution in [2.45, 2.75) is 46.5 Å². The summed E-state index contributed by atoms with van der Waals surface area (Å²) in [6.45, 7) is 9.07. The van der Waals surface area contributed by atoms with Crippen LogP contribution in [0.25, 0.3) is 0 Å². The lowest BCUT2D eigenvalue weighted by atomic mass is 9.73. The van der Waals surface area contributed by atoms with Crippen LogP contribution in [-0.4, -0.2) is 13.1 Å². The largest absolute Gasteiger partial charge is 0.316 e. The summed E-state index contributed by atoms with van der Waals surface area (Å²) in [5.41, 5.74) is 2.87. The number of benzene rings is 1. The van der Waals surface area contributed by atoms with Crippen LogP contribution < -0.4 is 5.32 Å². The van der Waals surface area contributed by atoms with E-state index in [4.69, 9.17) is 0 Å². The van der Waals surface area contributed by atoms with Crippen molar-refractivity contribution >= 4 is 0 Å². The number of nitrogens with one attached hydrogen (secondary N) is 1. The van der Waals surface area contributed by atoms with Gasteiger partial charge in [0.1, 0.15) is 0 Å². The topological polar surface area (TPSA) is 12.0 Å². The van der Waals surface area contributed by atoms with E-state index in [1.807, 2.05) is 0 Å². The second kappa shape index (κ2) is 7.09. The summed E-state index contributed by atoms with van der Waals surface area (Å²) < 4.78 is 0. The fraction of sp³-hybridized carbons (Fsp3) is 0.667. The minimum atomic E-state index is 0.751. The Bertz CT molecular complexity index is 362. The molecule has 1 aromatic carbocycles. The third-order valence-electron chi connectivity index (χ3n) is 4.39. The van der Waals surface area contributed by atoms with Crippen molar-refractivity contribution < 1.29 is 0 Å². The standard InChI is InChI=1S/C18H29N/c1-14(2)12-19-13-18(17-5-4-6-17)11-16-9-7-15(3)8-10-16/h7-10,14,17-19H,4-6,11-13H2,1-3H3. The average molecular weight is 259 g/mol. The minimum absolute atomic E-state index is 0.751. The van der Waals surface area contributed by atoms with Gasteiger partial charge in [-0.15, -0.1) is 0 Å². The predicted octanol–water partition coefficient (Wildman–Crippen LogP) is 4.20. The molecule has 0 heterocycles. The third-order valence-corrected chi connectivity index (χ3v) is 4.39. The molecule has 1 fully saturated rings. The van der Waals surface area contributed by atoms with E-state index in [0.717, 1.165) is 24.3 Å². The van der Waals surface area contributed by atoms with Crippen molar-refractivity contribution in [1.82, 2.24) is 5.32 Å².